The Hall–Kier alpha value is -1.37. The Morgan fingerprint density at radius 3 is 2.40 bits per heavy atom. The molecule has 0 amide bonds. The van der Waals surface area contributed by atoms with Gasteiger partial charge in [-0.15, -0.1) is 0 Å². The van der Waals surface area contributed by atoms with Gasteiger partial charge in [-0.2, -0.15) is 10.2 Å². The molecule has 4 nitrogen and oxygen atoms in total. The van der Waals surface area contributed by atoms with Crippen LogP contribution in [-0.2, 0) is 0 Å². The van der Waals surface area contributed by atoms with Crippen molar-refractivity contribution in [3.63, 3.8) is 0 Å². The molecule has 0 bridgehead atoms. The number of rotatable bonds is 2. The Morgan fingerprint density at radius 1 is 1.20 bits per heavy atom. The summed E-state index contributed by atoms with van der Waals surface area (Å²) in [7, 11) is 0. The van der Waals surface area contributed by atoms with Crippen LogP contribution in [0.15, 0.2) is 4.52 Å². The monoisotopic (exact) mass is 273 g/mol. The highest BCUT2D eigenvalue weighted by Gasteiger charge is 2.62. The molecule has 0 radical (unpaired) electrons. The average molecular weight is 273 g/mol. The number of aromatic nitrogens is 2. The Morgan fingerprint density at radius 2 is 1.85 bits per heavy atom. The minimum absolute atomic E-state index is 0.0149. The van der Waals surface area contributed by atoms with Crippen molar-refractivity contribution in [2.24, 2.45) is 16.7 Å². The van der Waals surface area contributed by atoms with E-state index in [0.29, 0.717) is 17.2 Å². The second-order valence-corrected chi connectivity index (χ2v) is 7.84. The maximum atomic E-state index is 9.15. The fraction of sp³-hybridized carbons (Fsp3) is 0.812. The van der Waals surface area contributed by atoms with Gasteiger partial charge in [0.25, 0.3) is 0 Å². The van der Waals surface area contributed by atoms with Crippen LogP contribution in [0.3, 0.4) is 0 Å². The van der Waals surface area contributed by atoms with Gasteiger partial charge in [-0.1, -0.05) is 32.9 Å². The first-order chi connectivity index (χ1) is 9.35. The first kappa shape index (κ1) is 13.6. The molecule has 2 atom stereocenters. The lowest BCUT2D eigenvalue weighted by Crippen LogP contribution is -2.20. The van der Waals surface area contributed by atoms with E-state index in [1.807, 2.05) is 0 Å². The molecule has 3 rings (SSSR count). The van der Waals surface area contributed by atoms with Crippen LogP contribution in [0.4, 0.5) is 0 Å². The quantitative estimate of drug-likeness (QED) is 0.816. The van der Waals surface area contributed by atoms with Crippen molar-refractivity contribution in [1.82, 2.24) is 10.1 Å². The molecule has 2 aliphatic rings. The number of nitriles is 1. The fourth-order valence-electron chi connectivity index (χ4n) is 3.54. The second-order valence-electron chi connectivity index (χ2n) is 7.84. The van der Waals surface area contributed by atoms with E-state index in [9.17, 15) is 0 Å². The van der Waals surface area contributed by atoms with Crippen molar-refractivity contribution < 1.29 is 4.52 Å². The van der Waals surface area contributed by atoms with E-state index < -0.39 is 0 Å². The highest BCUT2D eigenvalue weighted by Crippen LogP contribution is 2.63. The minimum Gasteiger partial charge on any atom is -0.339 e. The van der Waals surface area contributed by atoms with Gasteiger partial charge in [0.05, 0.1) is 17.9 Å². The lowest BCUT2D eigenvalue weighted by Gasteiger charge is -2.32. The lowest BCUT2D eigenvalue weighted by atomic mass is 9.73. The van der Waals surface area contributed by atoms with Crippen LogP contribution in [0.25, 0.3) is 0 Å². The van der Waals surface area contributed by atoms with Crippen molar-refractivity contribution in [3.8, 4) is 6.07 Å². The largest absolute Gasteiger partial charge is 0.339 e. The summed E-state index contributed by atoms with van der Waals surface area (Å²) in [5, 5.41) is 13.3. The normalized spacial score (nSPS) is 31.8. The molecule has 20 heavy (non-hydrogen) atoms. The zero-order chi connectivity index (χ0) is 14.5. The van der Waals surface area contributed by atoms with Crippen LogP contribution in [0.1, 0.15) is 76.9 Å². The van der Waals surface area contributed by atoms with Crippen molar-refractivity contribution in [2.45, 2.75) is 65.2 Å². The molecule has 108 valence electrons. The molecule has 2 saturated carbocycles. The van der Waals surface area contributed by atoms with Gasteiger partial charge in [-0.25, -0.2) is 0 Å². The van der Waals surface area contributed by atoms with E-state index in [-0.39, 0.29) is 17.3 Å². The third-order valence-corrected chi connectivity index (χ3v) is 5.39. The third-order valence-electron chi connectivity index (χ3n) is 5.39. The number of hydrogen-bond acceptors (Lipinski definition) is 4. The van der Waals surface area contributed by atoms with Gasteiger partial charge < -0.3 is 4.52 Å². The Balaban J connectivity index is 1.71. The van der Waals surface area contributed by atoms with Crippen LogP contribution < -0.4 is 0 Å². The molecular formula is C16H23N3O. The Labute approximate surface area is 120 Å². The number of nitrogens with zero attached hydrogens (tertiary/aromatic N) is 3. The van der Waals surface area contributed by atoms with Crippen molar-refractivity contribution in [1.29, 1.82) is 5.26 Å². The smallest absolute Gasteiger partial charge is 0.231 e. The van der Waals surface area contributed by atoms with E-state index in [1.165, 1.54) is 12.8 Å². The maximum absolute atomic E-state index is 9.15. The molecule has 0 aliphatic heterocycles. The van der Waals surface area contributed by atoms with Gasteiger partial charge in [0.2, 0.25) is 5.89 Å². The summed E-state index contributed by atoms with van der Waals surface area (Å²) in [6.45, 7) is 8.85. The summed E-state index contributed by atoms with van der Waals surface area (Å²) in [5.41, 5.74) is 0.431. The lowest BCUT2D eigenvalue weighted by molar-refractivity contribution is 0.218. The highest BCUT2D eigenvalue weighted by molar-refractivity contribution is 5.26. The summed E-state index contributed by atoms with van der Waals surface area (Å²) in [6, 6.07) is 2.35. The molecule has 4 heteroatoms. The predicted octanol–water partition coefficient (Wildman–Crippen LogP) is 4.02. The molecule has 2 fully saturated rings. The molecule has 2 aliphatic carbocycles. The van der Waals surface area contributed by atoms with Crippen LogP contribution >= 0.6 is 0 Å². The topological polar surface area (TPSA) is 62.7 Å². The summed E-state index contributed by atoms with van der Waals surface area (Å²) in [5.74, 6) is 2.09. The SMILES string of the molecule is CC1(C)CCC(c2noc(C3C(C#N)C3(C)C)n2)CC1. The van der Waals surface area contributed by atoms with Crippen LogP contribution in [0.2, 0.25) is 0 Å². The summed E-state index contributed by atoms with van der Waals surface area (Å²) in [6.07, 6.45) is 4.72. The summed E-state index contributed by atoms with van der Waals surface area (Å²) < 4.78 is 5.45. The van der Waals surface area contributed by atoms with E-state index in [2.05, 4.69) is 43.9 Å². The van der Waals surface area contributed by atoms with Gasteiger partial charge in [0.1, 0.15) is 0 Å². The zero-order valence-electron chi connectivity index (χ0n) is 12.8. The van der Waals surface area contributed by atoms with E-state index in [0.717, 1.165) is 18.7 Å². The van der Waals surface area contributed by atoms with Gasteiger partial charge in [-0.05, 0) is 36.5 Å². The van der Waals surface area contributed by atoms with E-state index in [1.54, 1.807) is 0 Å². The number of hydrogen-bond donors (Lipinski definition) is 0. The Bertz CT molecular complexity index is 542. The van der Waals surface area contributed by atoms with Gasteiger partial charge >= 0.3 is 0 Å². The third kappa shape index (κ3) is 2.13. The Kier molecular flexibility index (Phi) is 2.93. The van der Waals surface area contributed by atoms with Gasteiger partial charge in [-0.3, -0.25) is 0 Å². The fourth-order valence-corrected chi connectivity index (χ4v) is 3.54. The second kappa shape index (κ2) is 4.31. The van der Waals surface area contributed by atoms with Crippen molar-refractivity contribution in [2.75, 3.05) is 0 Å². The molecule has 0 saturated heterocycles. The first-order valence-electron chi connectivity index (χ1n) is 7.58. The molecule has 0 spiro atoms. The van der Waals surface area contributed by atoms with Crippen LogP contribution in [0, 0.1) is 28.1 Å². The van der Waals surface area contributed by atoms with Crippen molar-refractivity contribution >= 4 is 0 Å². The molecule has 1 aromatic heterocycles. The molecule has 2 unspecified atom stereocenters. The first-order valence-corrected chi connectivity index (χ1v) is 7.58. The van der Waals surface area contributed by atoms with E-state index >= 15 is 0 Å². The average Bonchev–Trinajstić information content (AvgIpc) is 2.74. The molecule has 1 heterocycles. The molecular weight excluding hydrogens is 250 g/mol. The van der Waals surface area contributed by atoms with E-state index in [4.69, 9.17) is 9.78 Å². The standard InChI is InChI=1S/C16H23N3O/c1-15(2)7-5-10(6-8-15)13-18-14(20-19-13)12-11(9-17)16(12,3)4/h10-12H,5-8H2,1-4H3. The van der Waals surface area contributed by atoms with Crippen LogP contribution in [0.5, 0.6) is 0 Å². The minimum atomic E-state index is -0.0207. The van der Waals surface area contributed by atoms with Gasteiger partial charge in [0, 0.05) is 5.92 Å². The van der Waals surface area contributed by atoms with Gasteiger partial charge in [0.15, 0.2) is 5.82 Å². The molecule has 0 aromatic carbocycles. The molecule has 1 aromatic rings. The van der Waals surface area contributed by atoms with Crippen molar-refractivity contribution in [3.05, 3.63) is 11.7 Å². The predicted molar refractivity (Wildman–Crippen MR) is 74.9 cm³/mol. The maximum Gasteiger partial charge on any atom is 0.231 e. The van der Waals surface area contributed by atoms with Crippen LogP contribution in [-0.4, -0.2) is 10.1 Å². The zero-order valence-corrected chi connectivity index (χ0v) is 12.8. The molecule has 0 N–H and O–H groups in total. The highest BCUT2D eigenvalue weighted by atomic mass is 16.5. The summed E-state index contributed by atoms with van der Waals surface area (Å²) in [4.78, 5) is 4.61. The summed E-state index contributed by atoms with van der Waals surface area (Å²) >= 11 is 0.